The molecule has 1 unspecified atom stereocenters. The van der Waals surface area contributed by atoms with E-state index in [-0.39, 0.29) is 11.3 Å². The molecule has 8 nitrogen and oxygen atoms in total. The lowest BCUT2D eigenvalue weighted by atomic mass is 9.95. The van der Waals surface area contributed by atoms with Gasteiger partial charge in [-0.05, 0) is 61.7 Å². The maximum atomic E-state index is 13.3. The molecular weight excluding hydrogens is 482 g/mol. The van der Waals surface area contributed by atoms with Gasteiger partial charge in [0.2, 0.25) is 0 Å². The summed E-state index contributed by atoms with van der Waals surface area (Å²) in [6, 6.07) is 13.6. The molecule has 1 aliphatic heterocycles. The number of rotatable bonds is 13. The molecule has 0 bridgehead atoms. The molecular formula is C30H35N3O5. The minimum Gasteiger partial charge on any atom is -0.507 e. The minimum atomic E-state index is -0.733. The molecule has 0 aliphatic carbocycles. The number of aliphatic hydroxyl groups excluding tert-OH is 1. The Balaban J connectivity index is 1.67. The van der Waals surface area contributed by atoms with Crippen molar-refractivity contribution >= 4 is 17.4 Å². The van der Waals surface area contributed by atoms with Crippen LogP contribution in [0.4, 0.5) is 0 Å². The number of imidazole rings is 1. The lowest BCUT2D eigenvalue weighted by molar-refractivity contribution is -0.139. The number of aliphatic hydroxyl groups is 1. The van der Waals surface area contributed by atoms with Gasteiger partial charge < -0.3 is 24.0 Å². The van der Waals surface area contributed by atoms with E-state index in [0.29, 0.717) is 55.4 Å². The number of nitrogens with zero attached hydrogens (tertiary/aromatic N) is 3. The molecule has 3 aromatic rings. The van der Waals surface area contributed by atoms with Gasteiger partial charge in [-0.1, -0.05) is 31.9 Å². The zero-order valence-corrected chi connectivity index (χ0v) is 22.0. The SMILES string of the molecule is CCCCCOc1cccc(C2/C(=C(\O)c3ccc(OCC)cc3)C(=O)C(=O)N2CCCn2ccnc2)c1. The summed E-state index contributed by atoms with van der Waals surface area (Å²) in [5.74, 6) is -0.194. The molecule has 1 aromatic heterocycles. The highest BCUT2D eigenvalue weighted by molar-refractivity contribution is 6.46. The van der Waals surface area contributed by atoms with Gasteiger partial charge in [-0.3, -0.25) is 9.59 Å². The van der Waals surface area contributed by atoms with E-state index in [2.05, 4.69) is 11.9 Å². The van der Waals surface area contributed by atoms with Gasteiger partial charge in [-0.2, -0.15) is 0 Å². The highest BCUT2D eigenvalue weighted by Crippen LogP contribution is 2.40. The van der Waals surface area contributed by atoms with Crippen LogP contribution in [0.1, 0.15) is 56.7 Å². The van der Waals surface area contributed by atoms with Gasteiger partial charge in [0.25, 0.3) is 11.7 Å². The van der Waals surface area contributed by atoms with Gasteiger partial charge in [0, 0.05) is 31.0 Å². The van der Waals surface area contributed by atoms with Gasteiger partial charge in [-0.15, -0.1) is 0 Å². The first kappa shape index (κ1) is 27.0. The van der Waals surface area contributed by atoms with Gasteiger partial charge in [0.1, 0.15) is 17.3 Å². The van der Waals surface area contributed by atoms with E-state index in [9.17, 15) is 14.7 Å². The Kier molecular flexibility index (Phi) is 9.19. The van der Waals surface area contributed by atoms with Gasteiger partial charge >= 0.3 is 0 Å². The fourth-order valence-electron chi connectivity index (χ4n) is 4.65. The fraction of sp³-hybridized carbons (Fsp3) is 0.367. The third kappa shape index (κ3) is 6.25. The maximum absolute atomic E-state index is 13.3. The van der Waals surface area contributed by atoms with Crippen LogP contribution in [0.5, 0.6) is 11.5 Å². The Morgan fingerprint density at radius 3 is 2.50 bits per heavy atom. The predicted octanol–water partition coefficient (Wildman–Crippen LogP) is 5.36. The van der Waals surface area contributed by atoms with Gasteiger partial charge in [0.15, 0.2) is 0 Å². The minimum absolute atomic E-state index is 0.0740. The molecule has 2 aromatic carbocycles. The van der Waals surface area contributed by atoms with Crippen LogP contribution in [0.2, 0.25) is 0 Å². The van der Waals surface area contributed by atoms with Crippen molar-refractivity contribution in [1.29, 1.82) is 0 Å². The summed E-state index contributed by atoms with van der Waals surface area (Å²) in [5, 5.41) is 11.3. The average Bonchev–Trinajstić information content (AvgIpc) is 3.54. The van der Waals surface area contributed by atoms with Crippen LogP contribution in [-0.2, 0) is 16.1 Å². The number of carbonyl (C=O) groups is 2. The van der Waals surface area contributed by atoms with Crippen LogP contribution >= 0.6 is 0 Å². The Hall–Kier alpha value is -4.07. The van der Waals surface area contributed by atoms with Crippen molar-refractivity contribution in [3.05, 3.63) is 84.0 Å². The smallest absolute Gasteiger partial charge is 0.295 e. The largest absolute Gasteiger partial charge is 0.507 e. The molecule has 1 atom stereocenters. The Morgan fingerprint density at radius 1 is 0.974 bits per heavy atom. The number of aryl methyl sites for hydroxylation is 1. The van der Waals surface area contributed by atoms with Crippen LogP contribution in [0, 0.1) is 0 Å². The second-order valence-electron chi connectivity index (χ2n) is 9.23. The third-order valence-corrected chi connectivity index (χ3v) is 6.54. The number of ketones is 1. The fourth-order valence-corrected chi connectivity index (χ4v) is 4.65. The molecule has 0 radical (unpaired) electrons. The molecule has 200 valence electrons. The molecule has 4 rings (SSSR count). The molecule has 0 saturated carbocycles. The molecule has 1 saturated heterocycles. The lowest BCUT2D eigenvalue weighted by Crippen LogP contribution is -2.31. The number of hydrogen-bond donors (Lipinski definition) is 1. The highest BCUT2D eigenvalue weighted by Gasteiger charge is 2.45. The number of benzene rings is 2. The third-order valence-electron chi connectivity index (χ3n) is 6.54. The first-order valence-corrected chi connectivity index (χ1v) is 13.2. The molecule has 1 aliphatic rings. The van der Waals surface area contributed by atoms with Gasteiger partial charge in [0.05, 0.1) is 31.2 Å². The summed E-state index contributed by atoms with van der Waals surface area (Å²) in [5.41, 5.74) is 1.24. The van der Waals surface area contributed by atoms with E-state index in [1.165, 1.54) is 0 Å². The summed E-state index contributed by atoms with van der Waals surface area (Å²) < 4.78 is 13.4. The van der Waals surface area contributed by atoms with E-state index >= 15 is 0 Å². The molecule has 0 spiro atoms. The second-order valence-corrected chi connectivity index (χ2v) is 9.23. The van der Waals surface area contributed by atoms with E-state index < -0.39 is 17.7 Å². The van der Waals surface area contributed by atoms with E-state index in [0.717, 1.165) is 19.3 Å². The summed E-state index contributed by atoms with van der Waals surface area (Å²) in [6.07, 6.45) is 9.03. The number of ether oxygens (including phenoxy) is 2. The zero-order valence-electron chi connectivity index (χ0n) is 22.0. The topological polar surface area (TPSA) is 93.9 Å². The van der Waals surface area contributed by atoms with Crippen molar-refractivity contribution in [1.82, 2.24) is 14.5 Å². The first-order chi connectivity index (χ1) is 18.5. The molecule has 38 heavy (non-hydrogen) atoms. The quantitative estimate of drug-likeness (QED) is 0.142. The predicted molar refractivity (Wildman–Crippen MR) is 145 cm³/mol. The van der Waals surface area contributed by atoms with Crippen molar-refractivity contribution in [2.75, 3.05) is 19.8 Å². The summed E-state index contributed by atoms with van der Waals surface area (Å²) in [6.45, 7) is 6.13. The average molecular weight is 518 g/mol. The van der Waals surface area contributed by atoms with Crippen molar-refractivity contribution in [3.63, 3.8) is 0 Å². The van der Waals surface area contributed by atoms with Crippen LogP contribution in [0.3, 0.4) is 0 Å². The summed E-state index contributed by atoms with van der Waals surface area (Å²) in [4.78, 5) is 32.2. The van der Waals surface area contributed by atoms with Crippen LogP contribution in [0.15, 0.2) is 72.8 Å². The van der Waals surface area contributed by atoms with Gasteiger partial charge in [-0.25, -0.2) is 4.98 Å². The maximum Gasteiger partial charge on any atom is 0.295 e. The number of unbranched alkanes of at least 4 members (excludes halogenated alkanes) is 2. The molecule has 1 fully saturated rings. The van der Waals surface area contributed by atoms with Crippen LogP contribution in [-0.4, -0.2) is 51.0 Å². The standard InChI is InChI=1S/C30H35N3O5/c1-3-5-6-19-38-25-10-7-9-23(20-25)27-26(28(34)22-11-13-24(14-12-22)37-4-2)29(35)30(36)33(27)17-8-16-32-18-15-31-21-32/h7,9-15,18,20-21,27,34H,3-6,8,16-17,19H2,1-2H3/b28-26+. The zero-order chi connectivity index (χ0) is 26.9. The highest BCUT2D eigenvalue weighted by atomic mass is 16.5. The van der Waals surface area contributed by atoms with E-state index in [1.54, 1.807) is 41.7 Å². The van der Waals surface area contributed by atoms with Crippen molar-refractivity contribution in [2.24, 2.45) is 0 Å². The number of likely N-dealkylation sites (tertiary alicyclic amines) is 1. The van der Waals surface area contributed by atoms with E-state index in [4.69, 9.17) is 9.47 Å². The summed E-state index contributed by atoms with van der Waals surface area (Å²) in [7, 11) is 0. The van der Waals surface area contributed by atoms with Crippen molar-refractivity contribution in [3.8, 4) is 11.5 Å². The van der Waals surface area contributed by atoms with Crippen molar-refractivity contribution in [2.45, 2.75) is 52.1 Å². The molecule has 2 heterocycles. The molecule has 1 N–H and O–H groups in total. The Labute approximate surface area is 223 Å². The Morgan fingerprint density at radius 2 is 1.79 bits per heavy atom. The van der Waals surface area contributed by atoms with Crippen molar-refractivity contribution < 1.29 is 24.2 Å². The number of hydrogen-bond acceptors (Lipinski definition) is 6. The number of carbonyl (C=O) groups excluding carboxylic acids is 2. The Bertz CT molecular complexity index is 1250. The molecule has 1 amide bonds. The normalized spacial score (nSPS) is 16.7. The first-order valence-electron chi connectivity index (χ1n) is 13.2. The van der Waals surface area contributed by atoms with E-state index in [1.807, 2.05) is 42.0 Å². The lowest BCUT2D eigenvalue weighted by Gasteiger charge is -2.26. The van der Waals surface area contributed by atoms with Crippen LogP contribution < -0.4 is 9.47 Å². The summed E-state index contributed by atoms with van der Waals surface area (Å²) >= 11 is 0. The molecule has 8 heteroatoms. The number of aromatic nitrogens is 2. The number of Topliss-reactive ketones (excluding diaryl/α,β-unsaturated/α-hetero) is 1. The van der Waals surface area contributed by atoms with Crippen LogP contribution in [0.25, 0.3) is 5.76 Å². The monoisotopic (exact) mass is 517 g/mol. The number of amides is 1. The second kappa shape index (κ2) is 12.9.